The molecule has 138 valence electrons. The molecule has 3 aromatic carbocycles. The molecule has 0 aliphatic carbocycles. The Kier molecular flexibility index (Phi) is 4.90. The van der Waals surface area contributed by atoms with Gasteiger partial charge in [0.05, 0.1) is 6.04 Å². The Morgan fingerprint density at radius 2 is 1.74 bits per heavy atom. The van der Waals surface area contributed by atoms with Gasteiger partial charge >= 0.3 is 5.97 Å². The molecule has 1 N–H and O–H groups in total. The highest BCUT2D eigenvalue weighted by Crippen LogP contribution is 2.35. The number of carboxylic acid groups (broad SMARTS) is 1. The first-order valence-electron chi connectivity index (χ1n) is 9.36. The number of halogens is 1. The van der Waals surface area contributed by atoms with Crippen LogP contribution in [0.1, 0.15) is 36.4 Å². The van der Waals surface area contributed by atoms with E-state index in [1.165, 1.54) is 12.1 Å². The van der Waals surface area contributed by atoms with E-state index in [1.54, 1.807) is 6.07 Å². The van der Waals surface area contributed by atoms with Gasteiger partial charge in [0, 0.05) is 0 Å². The summed E-state index contributed by atoms with van der Waals surface area (Å²) in [4.78, 5) is 13.9. The van der Waals surface area contributed by atoms with Crippen LogP contribution in [-0.2, 0) is 4.79 Å². The number of carbonyl (C=O) groups is 1. The number of benzene rings is 3. The number of hydrogen-bond donors (Lipinski definition) is 1. The van der Waals surface area contributed by atoms with E-state index in [0.29, 0.717) is 13.0 Å². The van der Waals surface area contributed by atoms with Crippen molar-refractivity contribution in [1.29, 1.82) is 0 Å². The van der Waals surface area contributed by atoms with E-state index in [4.69, 9.17) is 0 Å². The van der Waals surface area contributed by atoms with Crippen molar-refractivity contribution < 1.29 is 14.3 Å². The Balaban J connectivity index is 1.85. The van der Waals surface area contributed by atoms with Gasteiger partial charge in [0.25, 0.3) is 0 Å². The molecule has 4 rings (SSSR count). The molecule has 1 aliphatic rings. The molecular weight excluding hydrogens is 341 g/mol. The molecule has 0 aromatic heterocycles. The smallest absolute Gasteiger partial charge is 0.320 e. The fraction of sp³-hybridized carbons (Fsp3) is 0.261. The monoisotopic (exact) mass is 363 g/mol. The van der Waals surface area contributed by atoms with E-state index < -0.39 is 12.0 Å². The number of nitrogens with zero attached hydrogens (tertiary/aromatic N) is 1. The third-order valence-corrected chi connectivity index (χ3v) is 5.41. The fourth-order valence-corrected chi connectivity index (χ4v) is 4.16. The maximum absolute atomic E-state index is 14.0. The van der Waals surface area contributed by atoms with Crippen molar-refractivity contribution >= 4 is 16.7 Å². The van der Waals surface area contributed by atoms with E-state index >= 15 is 0 Å². The minimum absolute atomic E-state index is 0.285. The second-order valence-corrected chi connectivity index (χ2v) is 7.15. The first-order chi connectivity index (χ1) is 13.1. The summed E-state index contributed by atoms with van der Waals surface area (Å²) in [6.07, 6.45) is 2.47. The summed E-state index contributed by atoms with van der Waals surface area (Å²) in [5, 5.41) is 12.0. The third-order valence-electron chi connectivity index (χ3n) is 5.41. The lowest BCUT2D eigenvalue weighted by Crippen LogP contribution is -2.46. The minimum atomic E-state index is -0.808. The predicted octanol–water partition coefficient (Wildman–Crippen LogP) is 5.01. The van der Waals surface area contributed by atoms with Gasteiger partial charge in [0.1, 0.15) is 11.9 Å². The molecule has 27 heavy (non-hydrogen) atoms. The van der Waals surface area contributed by atoms with E-state index in [1.807, 2.05) is 35.2 Å². The van der Waals surface area contributed by atoms with Crippen molar-refractivity contribution in [2.45, 2.75) is 31.3 Å². The van der Waals surface area contributed by atoms with Crippen molar-refractivity contribution in [2.24, 2.45) is 0 Å². The molecule has 3 aromatic rings. The average Bonchev–Trinajstić information content (AvgIpc) is 2.68. The van der Waals surface area contributed by atoms with Crippen molar-refractivity contribution in [1.82, 2.24) is 4.90 Å². The van der Waals surface area contributed by atoms with E-state index in [-0.39, 0.29) is 11.9 Å². The van der Waals surface area contributed by atoms with Gasteiger partial charge in [0.15, 0.2) is 0 Å². The van der Waals surface area contributed by atoms with E-state index in [0.717, 1.165) is 34.7 Å². The number of likely N-dealkylation sites (tertiary alicyclic amines) is 1. The zero-order valence-corrected chi connectivity index (χ0v) is 15.0. The Bertz CT molecular complexity index is 971. The maximum atomic E-state index is 14.0. The molecule has 1 aliphatic heterocycles. The Labute approximate surface area is 158 Å². The maximum Gasteiger partial charge on any atom is 0.320 e. The van der Waals surface area contributed by atoms with Crippen LogP contribution in [0.5, 0.6) is 0 Å². The topological polar surface area (TPSA) is 40.5 Å². The van der Waals surface area contributed by atoms with Gasteiger partial charge in [-0.1, -0.05) is 55.0 Å². The van der Waals surface area contributed by atoms with Crippen LogP contribution in [0, 0.1) is 5.82 Å². The molecule has 1 heterocycles. The summed E-state index contributed by atoms with van der Waals surface area (Å²) in [5.41, 5.74) is 1.78. The predicted molar refractivity (Wildman–Crippen MR) is 104 cm³/mol. The van der Waals surface area contributed by atoms with Crippen LogP contribution in [0.15, 0.2) is 66.7 Å². The van der Waals surface area contributed by atoms with Gasteiger partial charge < -0.3 is 5.11 Å². The molecular formula is C23H22FNO2. The second-order valence-electron chi connectivity index (χ2n) is 7.15. The van der Waals surface area contributed by atoms with Crippen molar-refractivity contribution in [2.75, 3.05) is 6.54 Å². The third kappa shape index (κ3) is 3.58. The first kappa shape index (κ1) is 17.7. The van der Waals surface area contributed by atoms with Gasteiger partial charge in [-0.2, -0.15) is 0 Å². The molecule has 1 saturated heterocycles. The molecule has 4 heteroatoms. The summed E-state index contributed by atoms with van der Waals surface area (Å²) >= 11 is 0. The minimum Gasteiger partial charge on any atom is -0.480 e. The summed E-state index contributed by atoms with van der Waals surface area (Å²) < 4.78 is 14.0. The van der Waals surface area contributed by atoms with Crippen LogP contribution in [-0.4, -0.2) is 28.6 Å². The van der Waals surface area contributed by atoms with Crippen molar-refractivity contribution in [3.63, 3.8) is 0 Å². The lowest BCUT2D eigenvalue weighted by molar-refractivity contribution is -0.145. The summed E-state index contributed by atoms with van der Waals surface area (Å²) in [6, 6.07) is 19.9. The summed E-state index contributed by atoms with van der Waals surface area (Å²) in [5.74, 6) is -1.11. The number of piperidine rings is 1. The Hall–Kier alpha value is -2.72. The molecule has 1 fully saturated rings. The lowest BCUT2D eigenvalue weighted by atomic mass is 9.90. The second kappa shape index (κ2) is 7.49. The van der Waals surface area contributed by atoms with Gasteiger partial charge in [-0.25, -0.2) is 4.39 Å². The molecule has 2 unspecified atom stereocenters. The zero-order valence-electron chi connectivity index (χ0n) is 15.0. The van der Waals surface area contributed by atoms with Crippen molar-refractivity contribution in [3.8, 4) is 0 Å². The number of fused-ring (bicyclic) bond motifs is 1. The SMILES string of the molecule is O=C(O)C1CCCCN1C(c1cccc(F)c1)c1ccc2ccccc2c1. The molecule has 0 radical (unpaired) electrons. The van der Waals surface area contributed by atoms with E-state index in [2.05, 4.69) is 18.2 Å². The van der Waals surface area contributed by atoms with Crippen LogP contribution in [0.3, 0.4) is 0 Å². The molecule has 0 bridgehead atoms. The number of aliphatic carboxylic acids is 1. The molecule has 3 nitrogen and oxygen atoms in total. The molecule has 0 saturated carbocycles. The highest BCUT2D eigenvalue weighted by Gasteiger charge is 2.35. The first-order valence-corrected chi connectivity index (χ1v) is 9.36. The highest BCUT2D eigenvalue weighted by atomic mass is 19.1. The zero-order chi connectivity index (χ0) is 18.8. The summed E-state index contributed by atoms with van der Waals surface area (Å²) in [7, 11) is 0. The van der Waals surface area contributed by atoms with Gasteiger partial charge in [-0.15, -0.1) is 0 Å². The number of hydrogen-bond acceptors (Lipinski definition) is 2. The van der Waals surface area contributed by atoms with Crippen LogP contribution < -0.4 is 0 Å². The average molecular weight is 363 g/mol. The Morgan fingerprint density at radius 3 is 2.52 bits per heavy atom. The highest BCUT2D eigenvalue weighted by molar-refractivity contribution is 5.83. The molecule has 0 spiro atoms. The van der Waals surface area contributed by atoms with Gasteiger partial charge in [-0.05, 0) is 59.5 Å². The van der Waals surface area contributed by atoms with E-state index in [9.17, 15) is 14.3 Å². The van der Waals surface area contributed by atoms with Crippen LogP contribution >= 0.6 is 0 Å². The fourth-order valence-electron chi connectivity index (χ4n) is 4.16. The van der Waals surface area contributed by atoms with Gasteiger partial charge in [-0.3, -0.25) is 9.69 Å². The lowest BCUT2D eigenvalue weighted by Gasteiger charge is -2.39. The Morgan fingerprint density at radius 1 is 0.963 bits per heavy atom. The largest absolute Gasteiger partial charge is 0.480 e. The molecule has 0 amide bonds. The van der Waals surface area contributed by atoms with Crippen molar-refractivity contribution in [3.05, 3.63) is 83.7 Å². The summed E-state index contributed by atoms with van der Waals surface area (Å²) in [6.45, 7) is 0.685. The normalized spacial score (nSPS) is 19.1. The standard InChI is InChI=1S/C23H22FNO2/c24-20-9-5-8-18(15-20)22(25-13-4-3-10-21(25)23(26)27)19-12-11-16-6-1-2-7-17(16)14-19/h1-2,5-9,11-12,14-15,21-22H,3-4,10,13H2,(H,26,27). The van der Waals surface area contributed by atoms with Gasteiger partial charge in [0.2, 0.25) is 0 Å². The van der Waals surface area contributed by atoms with Crippen LogP contribution in [0.25, 0.3) is 10.8 Å². The van der Waals surface area contributed by atoms with Crippen LogP contribution in [0.2, 0.25) is 0 Å². The quantitative estimate of drug-likeness (QED) is 0.708. The van der Waals surface area contributed by atoms with Crippen LogP contribution in [0.4, 0.5) is 4.39 Å². The molecule has 2 atom stereocenters. The number of carboxylic acids is 1. The number of rotatable bonds is 4.